The summed E-state index contributed by atoms with van der Waals surface area (Å²) in [4.78, 5) is 2.39. The van der Waals surface area contributed by atoms with Crippen LogP contribution in [0.2, 0.25) is 0 Å². The summed E-state index contributed by atoms with van der Waals surface area (Å²) in [5.74, 6) is 0.148. The normalized spacial score (nSPS) is 21.6. The van der Waals surface area contributed by atoms with Crippen LogP contribution in [0.1, 0.15) is 23.6 Å². The summed E-state index contributed by atoms with van der Waals surface area (Å²) in [6, 6.07) is 5.89. The number of nitrogens with zero attached hydrogens (tertiary/aromatic N) is 2. The van der Waals surface area contributed by atoms with Gasteiger partial charge in [0.2, 0.25) is 0 Å². The van der Waals surface area contributed by atoms with Gasteiger partial charge in [0.15, 0.2) is 5.84 Å². The molecule has 0 spiro atoms. The van der Waals surface area contributed by atoms with Gasteiger partial charge >= 0.3 is 0 Å². The zero-order valence-corrected chi connectivity index (χ0v) is 11.5. The second-order valence-corrected chi connectivity index (χ2v) is 5.04. The Morgan fingerprint density at radius 2 is 2.37 bits per heavy atom. The van der Waals surface area contributed by atoms with E-state index in [1.807, 2.05) is 25.1 Å². The van der Waals surface area contributed by atoms with E-state index < -0.39 is 0 Å². The molecule has 0 amide bonds. The second-order valence-electron chi connectivity index (χ2n) is 5.04. The van der Waals surface area contributed by atoms with Crippen molar-refractivity contribution in [1.82, 2.24) is 4.90 Å². The van der Waals surface area contributed by atoms with E-state index in [1.54, 1.807) is 0 Å². The maximum absolute atomic E-state index is 8.68. The van der Waals surface area contributed by atoms with Crippen molar-refractivity contribution in [3.8, 4) is 0 Å². The Kier molecular flexibility index (Phi) is 4.39. The average molecular weight is 263 g/mol. The molecule has 104 valence electrons. The molecule has 1 saturated heterocycles. The first kappa shape index (κ1) is 13.8. The smallest absolute Gasteiger partial charge is 0.170 e. The fraction of sp³-hybridized carbons (Fsp3) is 0.500. The molecule has 1 heterocycles. The van der Waals surface area contributed by atoms with Crippen LogP contribution in [0.25, 0.3) is 0 Å². The molecule has 1 aliphatic rings. The lowest BCUT2D eigenvalue weighted by atomic mass is 10.0. The fourth-order valence-electron chi connectivity index (χ4n) is 2.37. The molecule has 1 aromatic rings. The van der Waals surface area contributed by atoms with Crippen LogP contribution in [0, 0.1) is 6.92 Å². The summed E-state index contributed by atoms with van der Waals surface area (Å²) in [5.41, 5.74) is 8.76. The molecule has 0 aromatic heterocycles. The number of benzene rings is 1. The van der Waals surface area contributed by atoms with Gasteiger partial charge in [-0.2, -0.15) is 0 Å². The number of morpholine rings is 1. The molecule has 0 saturated carbocycles. The minimum atomic E-state index is 0.148. The number of ether oxygens (including phenoxy) is 1. The maximum Gasteiger partial charge on any atom is 0.170 e. The quantitative estimate of drug-likeness (QED) is 0.373. The van der Waals surface area contributed by atoms with Gasteiger partial charge in [-0.1, -0.05) is 17.3 Å². The highest BCUT2D eigenvalue weighted by Gasteiger charge is 2.17. The third kappa shape index (κ3) is 3.45. The zero-order valence-electron chi connectivity index (χ0n) is 11.5. The van der Waals surface area contributed by atoms with Crippen molar-refractivity contribution in [2.75, 3.05) is 19.7 Å². The predicted molar refractivity (Wildman–Crippen MR) is 74.4 cm³/mol. The molecular formula is C14H21N3O2. The van der Waals surface area contributed by atoms with Gasteiger partial charge in [0.25, 0.3) is 0 Å². The van der Waals surface area contributed by atoms with Crippen LogP contribution < -0.4 is 5.73 Å². The van der Waals surface area contributed by atoms with Gasteiger partial charge in [0.05, 0.1) is 12.7 Å². The third-order valence-corrected chi connectivity index (χ3v) is 3.47. The van der Waals surface area contributed by atoms with E-state index in [1.165, 1.54) is 5.56 Å². The van der Waals surface area contributed by atoms with Gasteiger partial charge in [-0.05, 0) is 31.0 Å². The van der Waals surface area contributed by atoms with E-state index in [0.717, 1.165) is 37.4 Å². The van der Waals surface area contributed by atoms with Crippen molar-refractivity contribution < 1.29 is 9.94 Å². The second kappa shape index (κ2) is 6.04. The molecule has 1 unspecified atom stereocenters. The van der Waals surface area contributed by atoms with Crippen LogP contribution >= 0.6 is 0 Å². The molecule has 1 atom stereocenters. The number of aryl methyl sites for hydroxylation is 1. The minimum absolute atomic E-state index is 0.148. The minimum Gasteiger partial charge on any atom is -0.409 e. The summed E-state index contributed by atoms with van der Waals surface area (Å²) in [7, 11) is 0. The van der Waals surface area contributed by atoms with Gasteiger partial charge in [-0.3, -0.25) is 4.90 Å². The lowest BCUT2D eigenvalue weighted by Gasteiger charge is -2.31. The topological polar surface area (TPSA) is 71.1 Å². The standard InChI is InChI=1S/C14H21N3O2/c1-10-7-12(14(15)16-18)3-4-13(10)9-17-5-6-19-11(2)8-17/h3-4,7,11,18H,5-6,8-9H2,1-2H3,(H2,15,16). The van der Waals surface area contributed by atoms with Crippen molar-refractivity contribution in [1.29, 1.82) is 0 Å². The molecule has 1 aromatic carbocycles. The number of hydrogen-bond acceptors (Lipinski definition) is 4. The van der Waals surface area contributed by atoms with Gasteiger partial charge < -0.3 is 15.7 Å². The number of amidine groups is 1. The van der Waals surface area contributed by atoms with E-state index in [2.05, 4.69) is 17.0 Å². The van der Waals surface area contributed by atoms with Crippen molar-refractivity contribution in [3.05, 3.63) is 34.9 Å². The number of oxime groups is 1. The predicted octanol–water partition coefficient (Wildman–Crippen LogP) is 1.31. The van der Waals surface area contributed by atoms with Crippen LogP contribution in [0.15, 0.2) is 23.4 Å². The van der Waals surface area contributed by atoms with Crippen molar-refractivity contribution >= 4 is 5.84 Å². The van der Waals surface area contributed by atoms with Crippen molar-refractivity contribution in [2.45, 2.75) is 26.5 Å². The van der Waals surface area contributed by atoms with E-state index in [0.29, 0.717) is 6.10 Å². The Hall–Kier alpha value is -1.59. The lowest BCUT2D eigenvalue weighted by molar-refractivity contribution is -0.0212. The highest BCUT2D eigenvalue weighted by atomic mass is 16.5. The molecule has 5 nitrogen and oxygen atoms in total. The third-order valence-electron chi connectivity index (χ3n) is 3.47. The molecule has 2 rings (SSSR count). The Labute approximate surface area is 113 Å². The molecule has 1 aliphatic heterocycles. The Bertz CT molecular complexity index is 474. The SMILES string of the molecule is Cc1cc(/C(N)=N/O)ccc1CN1CCOC(C)C1. The molecule has 19 heavy (non-hydrogen) atoms. The Balaban J connectivity index is 2.09. The van der Waals surface area contributed by atoms with Gasteiger partial charge in [-0.25, -0.2) is 0 Å². The van der Waals surface area contributed by atoms with Gasteiger partial charge in [0, 0.05) is 25.2 Å². The van der Waals surface area contributed by atoms with Crippen LogP contribution in [0.4, 0.5) is 0 Å². The molecule has 0 radical (unpaired) electrons. The number of hydrogen-bond donors (Lipinski definition) is 2. The fourth-order valence-corrected chi connectivity index (χ4v) is 2.37. The van der Waals surface area contributed by atoms with Crippen LogP contribution in [-0.4, -0.2) is 41.7 Å². The van der Waals surface area contributed by atoms with Crippen molar-refractivity contribution in [3.63, 3.8) is 0 Å². The first-order valence-corrected chi connectivity index (χ1v) is 6.51. The monoisotopic (exact) mass is 263 g/mol. The van der Waals surface area contributed by atoms with Crippen LogP contribution in [0.3, 0.4) is 0 Å². The summed E-state index contributed by atoms with van der Waals surface area (Å²) in [6.07, 6.45) is 0.297. The van der Waals surface area contributed by atoms with Gasteiger partial charge in [-0.15, -0.1) is 0 Å². The van der Waals surface area contributed by atoms with E-state index in [9.17, 15) is 0 Å². The summed E-state index contributed by atoms with van der Waals surface area (Å²) >= 11 is 0. The summed E-state index contributed by atoms with van der Waals surface area (Å²) < 4.78 is 5.54. The summed E-state index contributed by atoms with van der Waals surface area (Å²) in [6.45, 7) is 7.78. The maximum atomic E-state index is 8.68. The van der Waals surface area contributed by atoms with E-state index >= 15 is 0 Å². The summed E-state index contributed by atoms with van der Waals surface area (Å²) in [5, 5.41) is 11.7. The first-order valence-electron chi connectivity index (χ1n) is 6.51. The van der Waals surface area contributed by atoms with Crippen LogP contribution in [0.5, 0.6) is 0 Å². The van der Waals surface area contributed by atoms with Gasteiger partial charge in [0.1, 0.15) is 0 Å². The van der Waals surface area contributed by atoms with Crippen LogP contribution in [-0.2, 0) is 11.3 Å². The largest absolute Gasteiger partial charge is 0.409 e. The highest BCUT2D eigenvalue weighted by molar-refractivity contribution is 5.97. The Morgan fingerprint density at radius 1 is 1.58 bits per heavy atom. The number of rotatable bonds is 3. The van der Waals surface area contributed by atoms with E-state index in [-0.39, 0.29) is 5.84 Å². The van der Waals surface area contributed by atoms with E-state index in [4.69, 9.17) is 15.7 Å². The lowest BCUT2D eigenvalue weighted by Crippen LogP contribution is -2.40. The highest BCUT2D eigenvalue weighted by Crippen LogP contribution is 2.15. The van der Waals surface area contributed by atoms with Crippen molar-refractivity contribution in [2.24, 2.45) is 10.9 Å². The molecule has 0 bridgehead atoms. The zero-order chi connectivity index (χ0) is 13.8. The Morgan fingerprint density at radius 3 is 3.00 bits per heavy atom. The average Bonchev–Trinajstić information content (AvgIpc) is 2.40. The number of nitrogens with two attached hydrogens (primary N) is 1. The molecule has 1 fully saturated rings. The first-order chi connectivity index (χ1) is 9.10. The molecule has 0 aliphatic carbocycles. The molecular weight excluding hydrogens is 242 g/mol. The molecule has 5 heteroatoms. The molecule has 3 N–H and O–H groups in total.